The second kappa shape index (κ2) is 5.81. The topological polar surface area (TPSA) is 171 Å². The Labute approximate surface area is 116 Å². The summed E-state index contributed by atoms with van der Waals surface area (Å²) in [6.45, 7) is -0.683. The molecule has 2 heterocycles. The monoisotopic (exact) mass is 324 g/mol. The van der Waals surface area contributed by atoms with Crippen molar-refractivity contribution in [2.24, 2.45) is 0 Å². The second-order valence-electron chi connectivity index (χ2n) is 4.35. The molecule has 5 N–H and O–H groups in total. The number of hydrogen-bond acceptors (Lipinski definition) is 7. The van der Waals surface area contributed by atoms with Gasteiger partial charge in [0.25, 0.3) is 5.56 Å². The lowest BCUT2D eigenvalue weighted by atomic mass is 10.1. The molecule has 1 unspecified atom stereocenters. The van der Waals surface area contributed by atoms with Crippen LogP contribution in [0.15, 0.2) is 21.9 Å². The van der Waals surface area contributed by atoms with E-state index < -0.39 is 50.2 Å². The van der Waals surface area contributed by atoms with E-state index >= 15 is 0 Å². The summed E-state index contributed by atoms with van der Waals surface area (Å²) in [6, 6.07) is 1.02. The summed E-state index contributed by atoms with van der Waals surface area (Å²) in [6.07, 6.45) is -4.58. The number of H-pyrrole nitrogens is 1. The first-order chi connectivity index (χ1) is 9.69. The normalized spacial score (nSPS) is 29.7. The number of aromatic amines is 1. The molecule has 118 valence electrons. The van der Waals surface area contributed by atoms with Crippen molar-refractivity contribution in [1.29, 1.82) is 0 Å². The summed E-state index contributed by atoms with van der Waals surface area (Å²) < 4.78 is 20.8. The van der Waals surface area contributed by atoms with Crippen LogP contribution in [0.5, 0.6) is 0 Å². The summed E-state index contributed by atoms with van der Waals surface area (Å²) in [4.78, 5) is 41.6. The standard InChI is InChI=1S/C9H13N2O9P/c12-5-1-2-11(9(15)10-5)8-7(14)6(13)4(20-8)3-19-21(16,17)18/h1-2,4,6-8,13-14H,3H2,(H,10,12,15)(H2,16,17,18)/t4-,6-,7+,8?/m1/s1. The van der Waals surface area contributed by atoms with Crippen molar-refractivity contribution >= 4 is 7.82 Å². The quantitative estimate of drug-likeness (QED) is 0.368. The largest absolute Gasteiger partial charge is 0.469 e. The molecular weight excluding hydrogens is 311 g/mol. The van der Waals surface area contributed by atoms with Crippen LogP contribution in [0.2, 0.25) is 0 Å². The first-order valence-corrected chi connectivity index (χ1v) is 7.25. The van der Waals surface area contributed by atoms with E-state index in [0.29, 0.717) is 0 Å². The van der Waals surface area contributed by atoms with Crippen LogP contribution < -0.4 is 11.2 Å². The van der Waals surface area contributed by atoms with Crippen LogP contribution >= 0.6 is 7.82 Å². The lowest BCUT2D eigenvalue weighted by Crippen LogP contribution is -2.37. The van der Waals surface area contributed by atoms with Gasteiger partial charge in [0.2, 0.25) is 0 Å². The Hall–Kier alpha value is -1.33. The average Bonchev–Trinajstić information content (AvgIpc) is 2.64. The Bertz CT molecular complexity index is 664. The molecule has 2 rings (SSSR count). The number of aromatic nitrogens is 2. The van der Waals surface area contributed by atoms with Crippen molar-refractivity contribution in [2.75, 3.05) is 6.61 Å². The molecule has 1 fully saturated rings. The molecule has 12 heteroatoms. The predicted octanol–water partition coefficient (Wildman–Crippen LogP) is -2.73. The summed E-state index contributed by atoms with van der Waals surface area (Å²) in [7, 11) is -4.76. The highest BCUT2D eigenvalue weighted by Crippen LogP contribution is 2.38. The van der Waals surface area contributed by atoms with Gasteiger partial charge in [-0.3, -0.25) is 18.9 Å². The van der Waals surface area contributed by atoms with Crippen LogP contribution in [0.1, 0.15) is 6.23 Å². The number of phosphoric ester groups is 1. The highest BCUT2D eigenvalue weighted by molar-refractivity contribution is 7.46. The molecular formula is C9H13N2O9P. The van der Waals surface area contributed by atoms with Gasteiger partial charge in [0.1, 0.15) is 18.3 Å². The maximum Gasteiger partial charge on any atom is 0.469 e. The van der Waals surface area contributed by atoms with Gasteiger partial charge in [-0.05, 0) is 0 Å². The van der Waals surface area contributed by atoms with Gasteiger partial charge in [-0.25, -0.2) is 9.36 Å². The van der Waals surface area contributed by atoms with Gasteiger partial charge < -0.3 is 24.7 Å². The van der Waals surface area contributed by atoms with E-state index in [9.17, 15) is 24.4 Å². The number of aliphatic hydroxyl groups excluding tert-OH is 2. The highest BCUT2D eigenvalue weighted by atomic mass is 31.2. The molecule has 0 aromatic carbocycles. The molecule has 1 aromatic heterocycles. The average molecular weight is 324 g/mol. The zero-order valence-corrected chi connectivity index (χ0v) is 11.3. The van der Waals surface area contributed by atoms with E-state index in [0.717, 1.165) is 16.8 Å². The minimum atomic E-state index is -4.76. The lowest BCUT2D eigenvalue weighted by molar-refractivity contribution is -0.0543. The summed E-state index contributed by atoms with van der Waals surface area (Å²) in [5.41, 5.74) is -1.51. The third-order valence-electron chi connectivity index (χ3n) is 2.87. The van der Waals surface area contributed by atoms with Gasteiger partial charge in [-0.2, -0.15) is 0 Å². The number of rotatable bonds is 4. The third kappa shape index (κ3) is 3.66. The number of phosphoric acid groups is 1. The Balaban J connectivity index is 2.18. The van der Waals surface area contributed by atoms with E-state index in [2.05, 4.69) is 4.52 Å². The fourth-order valence-electron chi connectivity index (χ4n) is 1.89. The SMILES string of the molecule is O=c1ccn(C2O[C@H](COP(=O)(O)O)[C@@H](O)[C@@H]2O)c(=O)[nH]1. The lowest BCUT2D eigenvalue weighted by Gasteiger charge is -2.16. The van der Waals surface area contributed by atoms with Gasteiger partial charge >= 0.3 is 13.5 Å². The first-order valence-electron chi connectivity index (χ1n) is 5.72. The van der Waals surface area contributed by atoms with Crippen molar-refractivity contribution in [2.45, 2.75) is 24.5 Å². The van der Waals surface area contributed by atoms with Crippen LogP contribution in [0.4, 0.5) is 0 Å². The summed E-state index contributed by atoms with van der Waals surface area (Å²) in [5, 5.41) is 19.6. The van der Waals surface area contributed by atoms with E-state index in [-0.39, 0.29) is 0 Å². The van der Waals surface area contributed by atoms with Crippen LogP contribution in [-0.4, -0.2) is 54.5 Å². The summed E-state index contributed by atoms with van der Waals surface area (Å²) in [5.74, 6) is 0. The zero-order valence-electron chi connectivity index (χ0n) is 10.4. The molecule has 0 bridgehead atoms. The Morgan fingerprint density at radius 3 is 2.57 bits per heavy atom. The van der Waals surface area contributed by atoms with Crippen molar-refractivity contribution < 1.29 is 33.8 Å². The Morgan fingerprint density at radius 1 is 1.33 bits per heavy atom. The first kappa shape index (κ1) is 16.0. The molecule has 0 radical (unpaired) electrons. The van der Waals surface area contributed by atoms with E-state index in [1.54, 1.807) is 0 Å². The minimum absolute atomic E-state index is 0.648. The van der Waals surface area contributed by atoms with Crippen LogP contribution in [-0.2, 0) is 13.8 Å². The second-order valence-corrected chi connectivity index (χ2v) is 5.59. The molecule has 1 aliphatic rings. The van der Waals surface area contributed by atoms with Crippen molar-refractivity contribution in [1.82, 2.24) is 9.55 Å². The van der Waals surface area contributed by atoms with Gasteiger partial charge in [0.05, 0.1) is 6.61 Å². The van der Waals surface area contributed by atoms with Crippen LogP contribution in [0.3, 0.4) is 0 Å². The number of aliphatic hydroxyl groups is 2. The predicted molar refractivity (Wildman–Crippen MR) is 65.2 cm³/mol. The molecule has 1 saturated heterocycles. The Kier molecular flexibility index (Phi) is 4.44. The molecule has 0 saturated carbocycles. The van der Waals surface area contributed by atoms with Crippen molar-refractivity contribution in [3.63, 3.8) is 0 Å². The van der Waals surface area contributed by atoms with Gasteiger partial charge in [-0.1, -0.05) is 0 Å². The maximum atomic E-state index is 11.6. The molecule has 1 aromatic rings. The minimum Gasteiger partial charge on any atom is -0.387 e. The summed E-state index contributed by atoms with van der Waals surface area (Å²) >= 11 is 0. The third-order valence-corrected chi connectivity index (χ3v) is 3.35. The smallest absolute Gasteiger partial charge is 0.387 e. The molecule has 11 nitrogen and oxygen atoms in total. The fraction of sp³-hybridized carbons (Fsp3) is 0.556. The zero-order chi connectivity index (χ0) is 15.8. The van der Waals surface area contributed by atoms with Crippen LogP contribution in [0.25, 0.3) is 0 Å². The number of ether oxygens (including phenoxy) is 1. The molecule has 0 aliphatic carbocycles. The van der Waals surface area contributed by atoms with E-state index in [1.165, 1.54) is 0 Å². The van der Waals surface area contributed by atoms with Crippen LogP contribution in [0, 0.1) is 0 Å². The van der Waals surface area contributed by atoms with Crippen molar-refractivity contribution in [3.05, 3.63) is 33.1 Å². The van der Waals surface area contributed by atoms with Gasteiger partial charge in [0.15, 0.2) is 6.23 Å². The Morgan fingerprint density at radius 2 is 2.00 bits per heavy atom. The molecule has 0 spiro atoms. The van der Waals surface area contributed by atoms with Crippen molar-refractivity contribution in [3.8, 4) is 0 Å². The maximum absolute atomic E-state index is 11.6. The number of nitrogens with one attached hydrogen (secondary N) is 1. The number of nitrogens with zero attached hydrogens (tertiary/aromatic N) is 1. The van der Waals surface area contributed by atoms with Gasteiger partial charge in [0, 0.05) is 12.3 Å². The highest BCUT2D eigenvalue weighted by Gasteiger charge is 2.44. The van der Waals surface area contributed by atoms with E-state index in [1.807, 2.05) is 4.98 Å². The molecule has 1 aliphatic heterocycles. The molecule has 21 heavy (non-hydrogen) atoms. The molecule has 4 atom stereocenters. The number of hydrogen-bond donors (Lipinski definition) is 5. The molecule has 0 amide bonds. The fourth-order valence-corrected chi connectivity index (χ4v) is 2.24. The van der Waals surface area contributed by atoms with E-state index in [4.69, 9.17) is 14.5 Å². The van der Waals surface area contributed by atoms with Gasteiger partial charge in [-0.15, -0.1) is 0 Å².